The number of benzene rings is 3. The van der Waals surface area contributed by atoms with Gasteiger partial charge in [-0.2, -0.15) is 0 Å². The Bertz CT molecular complexity index is 1460. The van der Waals surface area contributed by atoms with Crippen molar-refractivity contribution in [3.05, 3.63) is 94.0 Å². The van der Waals surface area contributed by atoms with Gasteiger partial charge < -0.3 is 9.84 Å². The van der Waals surface area contributed by atoms with Crippen LogP contribution in [0.2, 0.25) is 5.02 Å². The molecule has 5 rings (SSSR count). The zero-order valence-electron chi connectivity index (χ0n) is 18.3. The molecule has 1 saturated heterocycles. The van der Waals surface area contributed by atoms with Gasteiger partial charge in [0.25, 0.3) is 5.78 Å². The van der Waals surface area contributed by atoms with Crippen LogP contribution >= 0.6 is 22.9 Å². The fourth-order valence-corrected chi connectivity index (χ4v) is 5.13. The molecule has 6 nitrogen and oxygen atoms in total. The van der Waals surface area contributed by atoms with Crippen molar-refractivity contribution in [3.8, 4) is 5.75 Å². The maximum absolute atomic E-state index is 13.3. The molecule has 34 heavy (non-hydrogen) atoms. The molecule has 0 unspecified atom stereocenters. The molecular weight excluding hydrogens is 472 g/mol. The van der Waals surface area contributed by atoms with E-state index in [1.165, 1.54) is 16.2 Å². The van der Waals surface area contributed by atoms with Crippen LogP contribution in [0, 0.1) is 6.92 Å². The monoisotopic (exact) mass is 490 g/mol. The van der Waals surface area contributed by atoms with Crippen molar-refractivity contribution in [2.75, 3.05) is 12.0 Å². The van der Waals surface area contributed by atoms with Crippen molar-refractivity contribution in [2.24, 2.45) is 0 Å². The Morgan fingerprint density at radius 1 is 1.06 bits per heavy atom. The number of ketones is 1. The van der Waals surface area contributed by atoms with Gasteiger partial charge >= 0.3 is 5.91 Å². The first-order chi connectivity index (χ1) is 16.4. The molecule has 3 aromatic carbocycles. The van der Waals surface area contributed by atoms with Crippen molar-refractivity contribution >= 4 is 55.7 Å². The molecule has 1 atom stereocenters. The minimum absolute atomic E-state index is 0.00742. The summed E-state index contributed by atoms with van der Waals surface area (Å²) in [4.78, 5) is 32.5. The van der Waals surface area contributed by atoms with Crippen molar-refractivity contribution in [1.82, 2.24) is 4.98 Å². The first-order valence-corrected chi connectivity index (χ1v) is 11.6. The molecule has 0 radical (unpaired) electrons. The molecule has 0 aliphatic carbocycles. The average Bonchev–Trinajstić information content (AvgIpc) is 3.37. The number of fused-ring (bicyclic) bond motifs is 1. The first kappa shape index (κ1) is 22.1. The highest BCUT2D eigenvalue weighted by atomic mass is 35.5. The number of nitrogens with zero attached hydrogens (tertiary/aromatic N) is 2. The average molecular weight is 491 g/mol. The van der Waals surface area contributed by atoms with E-state index in [0.717, 1.165) is 10.3 Å². The summed E-state index contributed by atoms with van der Waals surface area (Å²) in [5, 5.41) is 12.1. The highest BCUT2D eigenvalue weighted by molar-refractivity contribution is 7.22. The number of rotatable bonds is 4. The van der Waals surface area contributed by atoms with Crippen molar-refractivity contribution in [2.45, 2.75) is 13.0 Å². The Kier molecular flexibility index (Phi) is 5.59. The van der Waals surface area contributed by atoms with E-state index in [1.54, 1.807) is 55.6 Å². The lowest BCUT2D eigenvalue weighted by Gasteiger charge is -2.23. The number of aliphatic hydroxyl groups is 1. The Morgan fingerprint density at radius 2 is 1.76 bits per heavy atom. The van der Waals surface area contributed by atoms with E-state index >= 15 is 0 Å². The molecule has 170 valence electrons. The summed E-state index contributed by atoms with van der Waals surface area (Å²) in [6, 6.07) is 18.5. The lowest BCUT2D eigenvalue weighted by atomic mass is 9.95. The summed E-state index contributed by atoms with van der Waals surface area (Å²) >= 11 is 7.36. The third kappa shape index (κ3) is 3.73. The topological polar surface area (TPSA) is 79.7 Å². The molecule has 1 N–H and O–H groups in total. The normalized spacial score (nSPS) is 17.5. The lowest BCUT2D eigenvalue weighted by molar-refractivity contribution is -0.132. The summed E-state index contributed by atoms with van der Waals surface area (Å²) in [6.45, 7) is 1.93. The molecule has 1 fully saturated rings. The largest absolute Gasteiger partial charge is 0.507 e. The third-order valence-electron chi connectivity index (χ3n) is 5.75. The number of amides is 1. The fraction of sp³-hybridized carbons (Fsp3) is 0.115. The molecule has 0 spiro atoms. The number of hydrogen-bond acceptors (Lipinski definition) is 6. The van der Waals surface area contributed by atoms with Crippen LogP contribution in [0.3, 0.4) is 0 Å². The number of anilines is 1. The van der Waals surface area contributed by atoms with Crippen LogP contribution in [0.25, 0.3) is 16.0 Å². The predicted octanol–water partition coefficient (Wildman–Crippen LogP) is 5.89. The Labute approximate surface area is 204 Å². The summed E-state index contributed by atoms with van der Waals surface area (Å²) < 4.78 is 6.10. The Hall–Kier alpha value is -3.68. The molecule has 1 aromatic heterocycles. The second kappa shape index (κ2) is 8.59. The van der Waals surface area contributed by atoms with Gasteiger partial charge in [-0.1, -0.05) is 64.9 Å². The molecule has 2 heterocycles. The number of Topliss-reactive ketones (excluding diaryl/α,β-unsaturated/α-hetero) is 1. The second-order valence-corrected chi connectivity index (χ2v) is 9.36. The van der Waals surface area contributed by atoms with Crippen LogP contribution in [0.1, 0.15) is 22.7 Å². The minimum atomic E-state index is -0.860. The number of aliphatic hydroxyl groups excluding tert-OH is 1. The van der Waals surface area contributed by atoms with Gasteiger partial charge in [-0.25, -0.2) is 4.98 Å². The number of carbonyl (C=O) groups is 2. The van der Waals surface area contributed by atoms with Crippen LogP contribution in [0.4, 0.5) is 5.13 Å². The number of ether oxygens (including phenoxy) is 1. The predicted molar refractivity (Wildman–Crippen MR) is 134 cm³/mol. The van der Waals surface area contributed by atoms with Crippen LogP contribution in [-0.2, 0) is 9.59 Å². The number of methoxy groups -OCH3 is 1. The molecule has 1 aliphatic heterocycles. The van der Waals surface area contributed by atoms with E-state index in [-0.39, 0.29) is 11.3 Å². The smallest absolute Gasteiger partial charge is 0.301 e. The maximum atomic E-state index is 13.3. The molecule has 1 amide bonds. The Morgan fingerprint density at radius 3 is 2.44 bits per heavy atom. The van der Waals surface area contributed by atoms with E-state index in [2.05, 4.69) is 4.98 Å². The van der Waals surface area contributed by atoms with Crippen molar-refractivity contribution in [1.29, 1.82) is 0 Å². The number of hydrogen-bond donors (Lipinski definition) is 1. The number of aromatic nitrogens is 1. The fourth-order valence-electron chi connectivity index (χ4n) is 3.98. The van der Waals surface area contributed by atoms with Gasteiger partial charge in [0.05, 0.1) is 28.9 Å². The summed E-state index contributed by atoms with van der Waals surface area (Å²) in [6.07, 6.45) is 0. The number of aryl methyl sites for hydroxylation is 1. The van der Waals surface area contributed by atoms with Gasteiger partial charge in [0.1, 0.15) is 11.5 Å². The molecule has 4 aromatic rings. The summed E-state index contributed by atoms with van der Waals surface area (Å²) in [5.74, 6) is -1.09. The van der Waals surface area contributed by atoms with E-state index in [4.69, 9.17) is 16.3 Å². The zero-order valence-corrected chi connectivity index (χ0v) is 19.9. The highest BCUT2D eigenvalue weighted by Crippen LogP contribution is 2.44. The van der Waals surface area contributed by atoms with Gasteiger partial charge in [0, 0.05) is 10.6 Å². The van der Waals surface area contributed by atoms with E-state index < -0.39 is 17.7 Å². The molecule has 8 heteroatoms. The van der Waals surface area contributed by atoms with E-state index in [1.807, 2.05) is 25.1 Å². The van der Waals surface area contributed by atoms with Crippen LogP contribution in [-0.4, -0.2) is 28.9 Å². The number of halogens is 1. The van der Waals surface area contributed by atoms with Gasteiger partial charge in [-0.05, 0) is 42.8 Å². The molecule has 1 aliphatic rings. The van der Waals surface area contributed by atoms with E-state index in [9.17, 15) is 14.7 Å². The van der Waals surface area contributed by atoms with Gasteiger partial charge in [-0.15, -0.1) is 0 Å². The van der Waals surface area contributed by atoms with Gasteiger partial charge in [0.15, 0.2) is 5.13 Å². The van der Waals surface area contributed by atoms with Crippen molar-refractivity contribution in [3.63, 3.8) is 0 Å². The maximum Gasteiger partial charge on any atom is 0.301 e. The van der Waals surface area contributed by atoms with Gasteiger partial charge in [0.2, 0.25) is 0 Å². The quantitative estimate of drug-likeness (QED) is 0.219. The number of carbonyl (C=O) groups excluding carboxylic acids is 2. The van der Waals surface area contributed by atoms with Crippen LogP contribution in [0.15, 0.2) is 72.3 Å². The van der Waals surface area contributed by atoms with Crippen molar-refractivity contribution < 1.29 is 19.4 Å². The third-order valence-corrected chi connectivity index (χ3v) is 7.02. The summed E-state index contributed by atoms with van der Waals surface area (Å²) in [5.41, 5.74) is 2.78. The highest BCUT2D eigenvalue weighted by Gasteiger charge is 2.48. The van der Waals surface area contributed by atoms with Crippen LogP contribution in [0.5, 0.6) is 5.75 Å². The standard InChI is InChI=1S/C26H19ClN2O4S/c1-14-3-5-16(6-4-14)23(30)21-22(15-7-9-17(27)10-8-15)29(25(32)24(21)31)26-28-19-12-11-18(33-2)13-20(19)34-26/h3-13,22,30H,1-2H3/b23-21+/t22-/m0/s1. The Balaban J connectivity index is 1.71. The van der Waals surface area contributed by atoms with E-state index in [0.29, 0.717) is 32.5 Å². The first-order valence-electron chi connectivity index (χ1n) is 10.5. The molecular formula is C26H19ClN2O4S. The second-order valence-electron chi connectivity index (χ2n) is 7.92. The van der Waals surface area contributed by atoms with Crippen LogP contribution < -0.4 is 9.64 Å². The number of thiazole rings is 1. The van der Waals surface area contributed by atoms with Gasteiger partial charge in [-0.3, -0.25) is 14.5 Å². The SMILES string of the molecule is COc1ccc2nc(N3C(=O)C(=O)/C(=C(/O)c4ccc(C)cc4)[C@@H]3c3ccc(Cl)cc3)sc2c1. The zero-order chi connectivity index (χ0) is 24.0. The lowest BCUT2D eigenvalue weighted by Crippen LogP contribution is -2.29. The minimum Gasteiger partial charge on any atom is -0.507 e. The molecule has 0 bridgehead atoms. The summed E-state index contributed by atoms with van der Waals surface area (Å²) in [7, 11) is 1.58. The molecule has 0 saturated carbocycles.